The smallest absolute Gasteiger partial charge is 0.119 e. The standard InChI is InChI=1S/C13H20BrNO2/c1-10(6-7-16-2)15-9-11-8-12(17-3)4-5-13(11)14/h4-5,8,10,15H,6-7,9H2,1-3H3. The zero-order chi connectivity index (χ0) is 12.7. The largest absolute Gasteiger partial charge is 0.497 e. The van der Waals surface area contributed by atoms with E-state index in [1.165, 1.54) is 5.56 Å². The molecule has 1 unspecified atom stereocenters. The molecule has 0 bridgehead atoms. The summed E-state index contributed by atoms with van der Waals surface area (Å²) >= 11 is 3.54. The normalized spacial score (nSPS) is 12.5. The monoisotopic (exact) mass is 301 g/mol. The maximum atomic E-state index is 5.21. The van der Waals surface area contributed by atoms with E-state index >= 15 is 0 Å². The molecule has 0 saturated carbocycles. The van der Waals surface area contributed by atoms with Gasteiger partial charge in [-0.1, -0.05) is 15.9 Å². The predicted molar refractivity (Wildman–Crippen MR) is 73.5 cm³/mol. The number of halogens is 1. The minimum absolute atomic E-state index is 0.438. The summed E-state index contributed by atoms with van der Waals surface area (Å²) in [5, 5.41) is 3.46. The maximum absolute atomic E-state index is 5.21. The highest BCUT2D eigenvalue weighted by atomic mass is 79.9. The summed E-state index contributed by atoms with van der Waals surface area (Å²) in [6, 6.07) is 6.44. The van der Waals surface area contributed by atoms with Gasteiger partial charge in [0.1, 0.15) is 5.75 Å². The Labute approximate surface area is 112 Å². The molecule has 0 spiro atoms. The summed E-state index contributed by atoms with van der Waals surface area (Å²) in [5.41, 5.74) is 1.20. The number of hydrogen-bond acceptors (Lipinski definition) is 3. The molecule has 17 heavy (non-hydrogen) atoms. The fourth-order valence-electron chi connectivity index (χ4n) is 1.49. The zero-order valence-electron chi connectivity index (χ0n) is 10.6. The molecule has 0 aliphatic heterocycles. The molecule has 0 amide bonds. The first kappa shape index (κ1) is 14.5. The van der Waals surface area contributed by atoms with Gasteiger partial charge in [0.25, 0.3) is 0 Å². The average Bonchev–Trinajstić information content (AvgIpc) is 2.35. The van der Waals surface area contributed by atoms with Crippen LogP contribution < -0.4 is 10.1 Å². The molecule has 0 aliphatic rings. The second-order valence-electron chi connectivity index (χ2n) is 4.02. The van der Waals surface area contributed by atoms with Crippen LogP contribution in [0.5, 0.6) is 5.75 Å². The van der Waals surface area contributed by atoms with Crippen molar-refractivity contribution in [2.75, 3.05) is 20.8 Å². The van der Waals surface area contributed by atoms with Gasteiger partial charge in [-0.15, -0.1) is 0 Å². The van der Waals surface area contributed by atoms with Gasteiger partial charge in [-0.3, -0.25) is 0 Å². The highest BCUT2D eigenvalue weighted by molar-refractivity contribution is 9.10. The SMILES string of the molecule is COCCC(C)NCc1cc(OC)ccc1Br. The molecule has 1 aromatic rings. The van der Waals surface area contributed by atoms with Crippen LogP contribution in [-0.4, -0.2) is 26.9 Å². The Bertz CT molecular complexity index is 344. The van der Waals surface area contributed by atoms with Crippen molar-refractivity contribution in [3.8, 4) is 5.75 Å². The molecule has 0 aromatic heterocycles. The van der Waals surface area contributed by atoms with Gasteiger partial charge in [0.05, 0.1) is 7.11 Å². The quantitative estimate of drug-likeness (QED) is 0.840. The van der Waals surface area contributed by atoms with Crippen LogP contribution in [0.2, 0.25) is 0 Å². The van der Waals surface area contributed by atoms with Crippen LogP contribution in [0.15, 0.2) is 22.7 Å². The molecule has 1 atom stereocenters. The van der Waals surface area contributed by atoms with Crippen molar-refractivity contribution < 1.29 is 9.47 Å². The number of hydrogen-bond donors (Lipinski definition) is 1. The van der Waals surface area contributed by atoms with Crippen LogP contribution in [0.25, 0.3) is 0 Å². The summed E-state index contributed by atoms with van der Waals surface area (Å²) in [4.78, 5) is 0. The fourth-order valence-corrected chi connectivity index (χ4v) is 1.88. The first-order valence-electron chi connectivity index (χ1n) is 5.72. The van der Waals surface area contributed by atoms with Crippen molar-refractivity contribution in [1.29, 1.82) is 0 Å². The highest BCUT2D eigenvalue weighted by Crippen LogP contribution is 2.22. The molecule has 1 rings (SSSR count). The Balaban J connectivity index is 2.50. The minimum atomic E-state index is 0.438. The summed E-state index contributed by atoms with van der Waals surface area (Å²) in [5.74, 6) is 0.884. The van der Waals surface area contributed by atoms with Gasteiger partial charge < -0.3 is 14.8 Å². The molecule has 1 aromatic carbocycles. The lowest BCUT2D eigenvalue weighted by atomic mass is 10.2. The van der Waals surface area contributed by atoms with E-state index in [4.69, 9.17) is 9.47 Å². The van der Waals surface area contributed by atoms with Crippen LogP contribution in [-0.2, 0) is 11.3 Å². The van der Waals surface area contributed by atoms with Gasteiger partial charge >= 0.3 is 0 Å². The van der Waals surface area contributed by atoms with Gasteiger partial charge in [-0.25, -0.2) is 0 Å². The van der Waals surface area contributed by atoms with Gasteiger partial charge in [0, 0.05) is 30.8 Å². The molecule has 1 N–H and O–H groups in total. The first-order chi connectivity index (χ1) is 8.17. The molecule has 0 saturated heterocycles. The fraction of sp³-hybridized carbons (Fsp3) is 0.538. The Morgan fingerprint density at radius 1 is 1.35 bits per heavy atom. The molecule has 3 nitrogen and oxygen atoms in total. The van der Waals surface area contributed by atoms with Crippen LogP contribution >= 0.6 is 15.9 Å². The molecule has 0 fully saturated rings. The van der Waals surface area contributed by atoms with E-state index in [-0.39, 0.29) is 0 Å². The van der Waals surface area contributed by atoms with Crippen LogP contribution in [0.1, 0.15) is 18.9 Å². The van der Waals surface area contributed by atoms with E-state index in [0.717, 1.165) is 29.8 Å². The number of nitrogens with one attached hydrogen (secondary N) is 1. The molecule has 96 valence electrons. The van der Waals surface area contributed by atoms with E-state index < -0.39 is 0 Å². The molecule has 0 heterocycles. The lowest BCUT2D eigenvalue weighted by Crippen LogP contribution is -2.26. The molecule has 4 heteroatoms. The predicted octanol–water partition coefficient (Wildman–Crippen LogP) is 2.97. The van der Waals surface area contributed by atoms with Crippen LogP contribution in [0, 0.1) is 0 Å². The van der Waals surface area contributed by atoms with Gasteiger partial charge in [-0.2, -0.15) is 0 Å². The summed E-state index contributed by atoms with van der Waals surface area (Å²) in [6.45, 7) is 3.77. The van der Waals surface area contributed by atoms with Crippen molar-refractivity contribution in [3.63, 3.8) is 0 Å². The maximum Gasteiger partial charge on any atom is 0.119 e. The lowest BCUT2D eigenvalue weighted by Gasteiger charge is -2.14. The number of benzene rings is 1. The third-order valence-corrected chi connectivity index (χ3v) is 3.42. The Kier molecular flexibility index (Phi) is 6.55. The van der Waals surface area contributed by atoms with E-state index in [1.54, 1.807) is 14.2 Å². The van der Waals surface area contributed by atoms with Gasteiger partial charge in [0.2, 0.25) is 0 Å². The lowest BCUT2D eigenvalue weighted by molar-refractivity contribution is 0.184. The van der Waals surface area contributed by atoms with Crippen molar-refractivity contribution in [2.45, 2.75) is 25.9 Å². The van der Waals surface area contributed by atoms with E-state index in [1.807, 2.05) is 18.2 Å². The summed E-state index contributed by atoms with van der Waals surface area (Å²) < 4.78 is 11.4. The third-order valence-electron chi connectivity index (χ3n) is 2.65. The van der Waals surface area contributed by atoms with Crippen molar-refractivity contribution >= 4 is 15.9 Å². The molecule has 0 radical (unpaired) electrons. The Hall–Kier alpha value is -0.580. The van der Waals surface area contributed by atoms with Crippen molar-refractivity contribution in [2.24, 2.45) is 0 Å². The van der Waals surface area contributed by atoms with Crippen LogP contribution in [0.4, 0.5) is 0 Å². The Morgan fingerprint density at radius 3 is 2.76 bits per heavy atom. The molecule has 0 aliphatic carbocycles. The molecular weight excluding hydrogens is 282 g/mol. The molecular formula is C13H20BrNO2. The topological polar surface area (TPSA) is 30.5 Å². The van der Waals surface area contributed by atoms with Crippen molar-refractivity contribution in [1.82, 2.24) is 5.32 Å². The Morgan fingerprint density at radius 2 is 2.12 bits per heavy atom. The number of rotatable bonds is 7. The van der Waals surface area contributed by atoms with E-state index in [2.05, 4.69) is 28.2 Å². The second kappa shape index (κ2) is 7.69. The van der Waals surface area contributed by atoms with E-state index in [9.17, 15) is 0 Å². The van der Waals surface area contributed by atoms with Crippen molar-refractivity contribution in [3.05, 3.63) is 28.2 Å². The van der Waals surface area contributed by atoms with E-state index in [0.29, 0.717) is 6.04 Å². The summed E-state index contributed by atoms with van der Waals surface area (Å²) in [6.07, 6.45) is 1.01. The minimum Gasteiger partial charge on any atom is -0.497 e. The third kappa shape index (κ3) is 5.06. The zero-order valence-corrected chi connectivity index (χ0v) is 12.2. The highest BCUT2D eigenvalue weighted by Gasteiger charge is 2.05. The van der Waals surface area contributed by atoms with Gasteiger partial charge in [0.15, 0.2) is 0 Å². The second-order valence-corrected chi connectivity index (χ2v) is 4.88. The average molecular weight is 302 g/mol. The van der Waals surface area contributed by atoms with Gasteiger partial charge in [-0.05, 0) is 37.1 Å². The van der Waals surface area contributed by atoms with Crippen LogP contribution in [0.3, 0.4) is 0 Å². The first-order valence-corrected chi connectivity index (χ1v) is 6.51. The number of ether oxygens (including phenoxy) is 2. The summed E-state index contributed by atoms with van der Waals surface area (Å²) in [7, 11) is 3.41. The number of methoxy groups -OCH3 is 2.